The molecule has 0 aromatic carbocycles. The molecule has 0 saturated heterocycles. The van der Waals surface area contributed by atoms with E-state index in [2.05, 4.69) is 46.8 Å². The zero-order chi connectivity index (χ0) is 24.3. The third-order valence-electron chi connectivity index (χ3n) is 11.3. The van der Waals surface area contributed by atoms with Gasteiger partial charge in [0.1, 0.15) is 0 Å². The van der Waals surface area contributed by atoms with Crippen LogP contribution in [0.4, 0.5) is 0 Å². The molecule has 0 aromatic heterocycles. The van der Waals surface area contributed by atoms with Gasteiger partial charge in [0.25, 0.3) is 0 Å². The highest BCUT2D eigenvalue weighted by Crippen LogP contribution is 2.68. The Hall–Kier alpha value is -0.460. The number of hydrogen-bond acceptors (Lipinski definition) is 5. The van der Waals surface area contributed by atoms with Crippen LogP contribution in [0.3, 0.4) is 0 Å². The molecule has 4 saturated carbocycles. The van der Waals surface area contributed by atoms with Crippen LogP contribution < -0.4 is 0 Å². The van der Waals surface area contributed by atoms with Crippen molar-refractivity contribution in [1.29, 1.82) is 0 Å². The van der Waals surface area contributed by atoms with E-state index in [0.29, 0.717) is 36.5 Å². The van der Waals surface area contributed by atoms with Gasteiger partial charge < -0.3 is 25.5 Å². The molecule has 0 amide bonds. The van der Waals surface area contributed by atoms with Crippen molar-refractivity contribution >= 4 is 0 Å². The second kappa shape index (κ2) is 9.20. The number of aliphatic hydroxyl groups excluding tert-OH is 5. The molecule has 190 valence electrons. The second-order valence-electron chi connectivity index (χ2n) is 12.9. The van der Waals surface area contributed by atoms with Crippen LogP contribution in [0.5, 0.6) is 0 Å². The first-order chi connectivity index (χ1) is 15.5. The molecule has 14 atom stereocenters. The summed E-state index contributed by atoms with van der Waals surface area (Å²) in [5.74, 6) is 1.82. The predicted octanol–water partition coefficient (Wildman–Crippen LogP) is 3.38. The normalized spacial score (nSPS) is 52.6. The fourth-order valence-corrected chi connectivity index (χ4v) is 9.16. The molecule has 0 radical (unpaired) electrons. The van der Waals surface area contributed by atoms with Crippen LogP contribution >= 0.6 is 0 Å². The highest BCUT2D eigenvalue weighted by Gasteiger charge is 2.65. The van der Waals surface area contributed by atoms with Crippen molar-refractivity contribution in [3.8, 4) is 0 Å². The van der Waals surface area contributed by atoms with Crippen molar-refractivity contribution in [2.45, 2.75) is 97.6 Å². The quantitative estimate of drug-likeness (QED) is 0.402. The first kappa shape index (κ1) is 25.6. The van der Waals surface area contributed by atoms with Gasteiger partial charge in [0.05, 0.1) is 24.4 Å². The second-order valence-corrected chi connectivity index (χ2v) is 12.9. The van der Waals surface area contributed by atoms with Gasteiger partial charge in [0.2, 0.25) is 0 Å². The molecule has 5 nitrogen and oxygen atoms in total. The molecule has 9 unspecified atom stereocenters. The van der Waals surface area contributed by atoms with Crippen molar-refractivity contribution in [1.82, 2.24) is 0 Å². The third kappa shape index (κ3) is 4.04. The Morgan fingerprint density at radius 1 is 0.818 bits per heavy atom. The fourth-order valence-electron chi connectivity index (χ4n) is 9.16. The predicted molar refractivity (Wildman–Crippen MR) is 129 cm³/mol. The lowest BCUT2D eigenvalue weighted by Gasteiger charge is -2.63. The van der Waals surface area contributed by atoms with E-state index in [4.69, 9.17) is 0 Å². The van der Waals surface area contributed by atoms with E-state index >= 15 is 0 Å². The van der Waals surface area contributed by atoms with Crippen molar-refractivity contribution in [3.05, 3.63) is 12.2 Å². The van der Waals surface area contributed by atoms with Crippen LogP contribution in [-0.2, 0) is 0 Å². The van der Waals surface area contributed by atoms with Crippen LogP contribution in [-0.4, -0.2) is 56.6 Å². The lowest BCUT2D eigenvalue weighted by molar-refractivity contribution is -0.217. The summed E-state index contributed by atoms with van der Waals surface area (Å²) in [6, 6.07) is 0. The van der Waals surface area contributed by atoms with Crippen LogP contribution in [0, 0.1) is 58.2 Å². The van der Waals surface area contributed by atoms with E-state index in [1.807, 2.05) is 0 Å². The maximum atomic E-state index is 11.4. The topological polar surface area (TPSA) is 101 Å². The monoisotopic (exact) mass is 464 g/mol. The summed E-state index contributed by atoms with van der Waals surface area (Å²) in [7, 11) is 0. The summed E-state index contributed by atoms with van der Waals surface area (Å²) in [6.45, 7) is 11.3. The summed E-state index contributed by atoms with van der Waals surface area (Å²) < 4.78 is 0. The first-order valence-electron chi connectivity index (χ1n) is 13.5. The minimum Gasteiger partial charge on any atom is -0.396 e. The van der Waals surface area contributed by atoms with Crippen LogP contribution in [0.15, 0.2) is 12.2 Å². The zero-order valence-corrected chi connectivity index (χ0v) is 21.3. The molecular formula is C28H48O5. The van der Waals surface area contributed by atoms with Gasteiger partial charge in [-0.3, -0.25) is 0 Å². The average Bonchev–Trinajstić information content (AvgIpc) is 3.04. The Morgan fingerprint density at radius 2 is 1.45 bits per heavy atom. The average molecular weight is 465 g/mol. The number of allylic oxidation sites excluding steroid dienone is 2. The molecule has 33 heavy (non-hydrogen) atoms. The lowest BCUT2D eigenvalue weighted by atomic mass is 9.43. The highest BCUT2D eigenvalue weighted by molar-refractivity contribution is 5.15. The molecule has 0 bridgehead atoms. The summed E-state index contributed by atoms with van der Waals surface area (Å²) in [5.41, 5.74) is -0.159. The lowest BCUT2D eigenvalue weighted by Crippen LogP contribution is -2.63. The van der Waals surface area contributed by atoms with Gasteiger partial charge >= 0.3 is 0 Å². The molecule has 5 heteroatoms. The van der Waals surface area contributed by atoms with Crippen LogP contribution in [0.1, 0.15) is 73.1 Å². The van der Waals surface area contributed by atoms with Gasteiger partial charge in [-0.1, -0.05) is 46.8 Å². The van der Waals surface area contributed by atoms with Crippen molar-refractivity contribution in [3.63, 3.8) is 0 Å². The van der Waals surface area contributed by atoms with Gasteiger partial charge in [-0.15, -0.1) is 0 Å². The molecule has 5 N–H and O–H groups in total. The van der Waals surface area contributed by atoms with Gasteiger partial charge in [0, 0.05) is 12.5 Å². The molecule has 0 spiro atoms. The maximum absolute atomic E-state index is 11.4. The Balaban J connectivity index is 1.57. The molecule has 4 fully saturated rings. The van der Waals surface area contributed by atoms with Gasteiger partial charge in [-0.2, -0.15) is 0 Å². The highest BCUT2D eigenvalue weighted by atomic mass is 16.3. The van der Waals surface area contributed by atoms with Crippen LogP contribution in [0.25, 0.3) is 0 Å². The fraction of sp³-hybridized carbons (Fsp3) is 0.929. The van der Waals surface area contributed by atoms with E-state index in [9.17, 15) is 25.5 Å². The minimum absolute atomic E-state index is 0.0336. The van der Waals surface area contributed by atoms with E-state index in [1.165, 1.54) is 0 Å². The Kier molecular flexibility index (Phi) is 7.15. The number of rotatable bonds is 5. The molecule has 4 rings (SSSR count). The molecule has 4 aliphatic carbocycles. The van der Waals surface area contributed by atoms with Crippen LogP contribution in [0.2, 0.25) is 0 Å². The van der Waals surface area contributed by atoms with E-state index < -0.39 is 18.3 Å². The molecule has 4 aliphatic rings. The van der Waals surface area contributed by atoms with Gasteiger partial charge in [-0.25, -0.2) is 0 Å². The third-order valence-corrected chi connectivity index (χ3v) is 11.3. The molecule has 0 heterocycles. The number of hydrogen-bond donors (Lipinski definition) is 5. The first-order valence-corrected chi connectivity index (χ1v) is 13.5. The Morgan fingerprint density at radius 3 is 2.12 bits per heavy atom. The summed E-state index contributed by atoms with van der Waals surface area (Å²) in [4.78, 5) is 0. The van der Waals surface area contributed by atoms with Gasteiger partial charge in [0.15, 0.2) is 0 Å². The smallest absolute Gasteiger partial charge is 0.0857 e. The van der Waals surface area contributed by atoms with E-state index in [0.717, 1.165) is 25.7 Å². The Bertz CT molecular complexity index is 725. The standard InChI is InChI=1S/C28H48O5/c1-15(17(3)14-29)6-7-16(2)20-13-23(32)24-18-12-22(31)25-26(33)21(30)9-11-27(25,4)19(18)8-10-28(20,24)5/h6-7,15-26,29-33H,8-14H2,1-5H3/b7-6+/t15?,16?,17?,18?,19?,20?,21-,22?,23+,24?,25?,26-,27+,28+/m0/s1. The minimum atomic E-state index is -0.859. The summed E-state index contributed by atoms with van der Waals surface area (Å²) in [5, 5.41) is 53.1. The molecule has 0 aromatic rings. The van der Waals surface area contributed by atoms with Gasteiger partial charge in [-0.05, 0) is 90.8 Å². The van der Waals surface area contributed by atoms with Crippen molar-refractivity contribution < 1.29 is 25.5 Å². The zero-order valence-electron chi connectivity index (χ0n) is 21.3. The molecule has 0 aliphatic heterocycles. The number of fused-ring (bicyclic) bond motifs is 5. The van der Waals surface area contributed by atoms with Crippen molar-refractivity contribution in [2.75, 3.05) is 6.61 Å². The molecular weight excluding hydrogens is 416 g/mol. The van der Waals surface area contributed by atoms with E-state index in [-0.39, 0.29) is 47.2 Å². The maximum Gasteiger partial charge on any atom is 0.0857 e. The summed E-state index contributed by atoms with van der Waals surface area (Å²) >= 11 is 0. The number of aliphatic hydroxyl groups is 5. The van der Waals surface area contributed by atoms with Crippen molar-refractivity contribution in [2.24, 2.45) is 58.2 Å². The summed E-state index contributed by atoms with van der Waals surface area (Å²) in [6.07, 6.45) is 6.93. The SMILES string of the molecule is CC(/C=C/C(C)C1C[C@@H](O)C2C3CC(O)C4[C@@H](O)[C@@H](O)CC[C@]4(C)C3CC[C@]12C)C(C)CO. The Labute approximate surface area is 200 Å². The van der Waals surface area contributed by atoms with E-state index in [1.54, 1.807) is 0 Å². The largest absolute Gasteiger partial charge is 0.396 e.